The lowest BCUT2D eigenvalue weighted by atomic mass is 10.0. The van der Waals surface area contributed by atoms with Crippen molar-refractivity contribution in [2.45, 2.75) is 6.18 Å². The van der Waals surface area contributed by atoms with Crippen LogP contribution in [0.1, 0.15) is 5.69 Å². The van der Waals surface area contributed by atoms with Crippen molar-refractivity contribution in [1.82, 2.24) is 4.98 Å². The number of alkyl halides is 3. The highest BCUT2D eigenvalue weighted by molar-refractivity contribution is 6.35. The van der Waals surface area contributed by atoms with Crippen molar-refractivity contribution in [2.75, 3.05) is 0 Å². The summed E-state index contributed by atoms with van der Waals surface area (Å²) in [6.45, 7) is 0. The van der Waals surface area contributed by atoms with E-state index in [1.165, 1.54) is 18.2 Å². The molecule has 4 nitrogen and oxygen atoms in total. The Balaban J connectivity index is 2.31. The van der Waals surface area contributed by atoms with Gasteiger partial charge in [0.25, 0.3) is 5.69 Å². The van der Waals surface area contributed by atoms with Crippen molar-refractivity contribution in [3.63, 3.8) is 0 Å². The highest BCUT2D eigenvalue weighted by Crippen LogP contribution is 2.36. The first kappa shape index (κ1) is 16.2. The van der Waals surface area contributed by atoms with Crippen LogP contribution in [0.5, 0.6) is 0 Å². The molecule has 2 aromatic carbocycles. The Morgan fingerprint density at radius 3 is 2.46 bits per heavy atom. The van der Waals surface area contributed by atoms with E-state index in [0.717, 1.165) is 6.07 Å². The highest BCUT2D eigenvalue weighted by atomic mass is 35.5. The van der Waals surface area contributed by atoms with Crippen LogP contribution in [0, 0.1) is 10.1 Å². The van der Waals surface area contributed by atoms with E-state index in [1.807, 2.05) is 0 Å². The van der Waals surface area contributed by atoms with E-state index in [4.69, 9.17) is 11.6 Å². The van der Waals surface area contributed by atoms with E-state index in [1.54, 1.807) is 24.3 Å². The summed E-state index contributed by atoms with van der Waals surface area (Å²) >= 11 is 5.96. The van der Waals surface area contributed by atoms with Gasteiger partial charge in [0, 0.05) is 23.1 Å². The number of nitro benzene ring substituents is 1. The topological polar surface area (TPSA) is 56.0 Å². The summed E-state index contributed by atoms with van der Waals surface area (Å²) in [6, 6.07) is 11.1. The lowest BCUT2D eigenvalue weighted by Crippen LogP contribution is -2.08. The minimum absolute atomic E-state index is 0.0397. The molecule has 3 aromatic rings. The van der Waals surface area contributed by atoms with Gasteiger partial charge < -0.3 is 0 Å². The fourth-order valence-corrected chi connectivity index (χ4v) is 2.63. The molecule has 3 rings (SSSR count). The minimum atomic E-state index is -4.65. The molecule has 0 N–H and O–H groups in total. The number of para-hydroxylation sites is 1. The number of hydrogen-bond donors (Lipinski definition) is 0. The van der Waals surface area contributed by atoms with Gasteiger partial charge in [-0.1, -0.05) is 41.9 Å². The molecule has 8 heteroatoms. The zero-order chi connectivity index (χ0) is 17.5. The number of non-ortho nitro benzene ring substituents is 1. The van der Waals surface area contributed by atoms with E-state index in [-0.39, 0.29) is 16.2 Å². The summed E-state index contributed by atoms with van der Waals surface area (Å²) in [5, 5.41) is 11.2. The van der Waals surface area contributed by atoms with Crippen LogP contribution in [0.15, 0.2) is 48.5 Å². The number of benzene rings is 2. The number of fused-ring (bicyclic) bond motifs is 1. The molecule has 0 aliphatic carbocycles. The molecule has 0 spiro atoms. The van der Waals surface area contributed by atoms with Gasteiger partial charge in [0.1, 0.15) is 5.69 Å². The summed E-state index contributed by atoms with van der Waals surface area (Å²) in [6.07, 6.45) is -4.65. The SMILES string of the molecule is O=[N+]([O-])c1cccc(-c2cccc3c(Cl)cc(C(F)(F)F)nc23)c1. The third-order valence-corrected chi connectivity index (χ3v) is 3.76. The van der Waals surface area contributed by atoms with Crippen LogP contribution in [0.2, 0.25) is 5.02 Å². The molecule has 0 saturated heterocycles. The number of nitrogens with zero attached hydrogens (tertiary/aromatic N) is 2. The van der Waals surface area contributed by atoms with Crippen LogP contribution >= 0.6 is 11.6 Å². The Hall–Kier alpha value is -2.67. The molecule has 0 fully saturated rings. The van der Waals surface area contributed by atoms with E-state index in [2.05, 4.69) is 4.98 Å². The van der Waals surface area contributed by atoms with E-state index in [9.17, 15) is 23.3 Å². The fourth-order valence-electron chi connectivity index (χ4n) is 2.37. The lowest BCUT2D eigenvalue weighted by molar-refractivity contribution is -0.384. The number of aromatic nitrogens is 1. The molecule has 0 amide bonds. The monoisotopic (exact) mass is 352 g/mol. The standard InChI is InChI=1S/C16H8ClF3N2O2/c17-13-8-14(16(18,19)20)21-15-11(5-2-6-12(13)15)9-3-1-4-10(7-9)22(23)24/h1-8H. The highest BCUT2D eigenvalue weighted by Gasteiger charge is 2.33. The third-order valence-electron chi connectivity index (χ3n) is 3.45. The van der Waals surface area contributed by atoms with Gasteiger partial charge in [0.15, 0.2) is 0 Å². The number of pyridine rings is 1. The van der Waals surface area contributed by atoms with Gasteiger partial charge in [-0.3, -0.25) is 10.1 Å². The van der Waals surface area contributed by atoms with Gasteiger partial charge in [-0.25, -0.2) is 4.98 Å². The molecule has 0 aliphatic rings. The Kier molecular flexibility index (Phi) is 3.88. The second kappa shape index (κ2) is 5.76. The second-order valence-corrected chi connectivity index (χ2v) is 5.40. The Morgan fingerprint density at radius 1 is 1.08 bits per heavy atom. The van der Waals surface area contributed by atoms with E-state index >= 15 is 0 Å². The molecular weight excluding hydrogens is 345 g/mol. The summed E-state index contributed by atoms with van der Waals surface area (Å²) in [5.74, 6) is 0. The molecule has 122 valence electrons. The molecule has 1 heterocycles. The number of rotatable bonds is 2. The zero-order valence-corrected chi connectivity index (χ0v) is 12.6. The molecule has 0 unspecified atom stereocenters. The van der Waals surface area contributed by atoms with Crippen molar-refractivity contribution in [3.8, 4) is 11.1 Å². The molecular formula is C16H8ClF3N2O2. The Labute approximate surface area is 138 Å². The normalized spacial score (nSPS) is 11.7. The first-order valence-corrected chi connectivity index (χ1v) is 7.06. The van der Waals surface area contributed by atoms with Crippen molar-refractivity contribution in [2.24, 2.45) is 0 Å². The van der Waals surface area contributed by atoms with Crippen LogP contribution in [-0.2, 0) is 6.18 Å². The number of nitro groups is 1. The van der Waals surface area contributed by atoms with Crippen LogP contribution in [0.4, 0.5) is 18.9 Å². The molecule has 24 heavy (non-hydrogen) atoms. The quantitative estimate of drug-likeness (QED) is 0.453. The van der Waals surface area contributed by atoms with Crippen molar-refractivity contribution in [3.05, 3.63) is 69.4 Å². The number of halogens is 4. The van der Waals surface area contributed by atoms with Crippen LogP contribution in [0.3, 0.4) is 0 Å². The molecule has 0 atom stereocenters. The smallest absolute Gasteiger partial charge is 0.258 e. The van der Waals surface area contributed by atoms with Crippen molar-refractivity contribution >= 4 is 28.2 Å². The molecule has 0 aliphatic heterocycles. The summed E-state index contributed by atoms with van der Waals surface area (Å²) in [4.78, 5) is 14.0. The van der Waals surface area contributed by atoms with Gasteiger partial charge in [0.05, 0.1) is 15.5 Å². The van der Waals surface area contributed by atoms with Crippen molar-refractivity contribution < 1.29 is 18.1 Å². The van der Waals surface area contributed by atoms with Gasteiger partial charge in [-0.15, -0.1) is 0 Å². The predicted molar refractivity (Wildman–Crippen MR) is 83.8 cm³/mol. The predicted octanol–water partition coefficient (Wildman–Crippen LogP) is 5.48. The van der Waals surface area contributed by atoms with Gasteiger partial charge >= 0.3 is 6.18 Å². The van der Waals surface area contributed by atoms with E-state index < -0.39 is 16.8 Å². The zero-order valence-electron chi connectivity index (χ0n) is 11.8. The van der Waals surface area contributed by atoms with Crippen LogP contribution in [-0.4, -0.2) is 9.91 Å². The first-order chi connectivity index (χ1) is 11.3. The van der Waals surface area contributed by atoms with Crippen LogP contribution in [0.25, 0.3) is 22.0 Å². The van der Waals surface area contributed by atoms with Crippen LogP contribution < -0.4 is 0 Å². The van der Waals surface area contributed by atoms with E-state index in [0.29, 0.717) is 16.5 Å². The Morgan fingerprint density at radius 2 is 1.79 bits per heavy atom. The average molecular weight is 353 g/mol. The summed E-state index contributed by atoms with van der Waals surface area (Å²) < 4.78 is 39.0. The maximum absolute atomic E-state index is 13.0. The largest absolute Gasteiger partial charge is 0.433 e. The fraction of sp³-hybridized carbons (Fsp3) is 0.0625. The Bertz CT molecular complexity index is 958. The van der Waals surface area contributed by atoms with Gasteiger partial charge in [0.2, 0.25) is 0 Å². The summed E-state index contributed by atoms with van der Waals surface area (Å²) in [7, 11) is 0. The average Bonchev–Trinajstić information content (AvgIpc) is 2.53. The maximum Gasteiger partial charge on any atom is 0.433 e. The first-order valence-electron chi connectivity index (χ1n) is 6.68. The molecule has 1 aromatic heterocycles. The maximum atomic E-state index is 13.0. The molecule has 0 bridgehead atoms. The van der Waals surface area contributed by atoms with Crippen molar-refractivity contribution in [1.29, 1.82) is 0 Å². The van der Waals surface area contributed by atoms with Gasteiger partial charge in [-0.2, -0.15) is 13.2 Å². The molecule has 0 saturated carbocycles. The lowest BCUT2D eigenvalue weighted by Gasteiger charge is -2.11. The number of hydrogen-bond acceptors (Lipinski definition) is 3. The summed E-state index contributed by atoms with van der Waals surface area (Å²) in [5.41, 5.74) is -0.514. The minimum Gasteiger partial charge on any atom is -0.258 e. The second-order valence-electron chi connectivity index (χ2n) is 5.00. The van der Waals surface area contributed by atoms with Gasteiger partial charge in [-0.05, 0) is 11.6 Å². The molecule has 0 radical (unpaired) electrons. The third kappa shape index (κ3) is 2.90.